The van der Waals surface area contributed by atoms with Crippen LogP contribution in [0.25, 0.3) is 5.57 Å². The van der Waals surface area contributed by atoms with Crippen LogP contribution in [0.1, 0.15) is 11.1 Å². The molecule has 37 heavy (non-hydrogen) atoms. The molecule has 0 unspecified atom stereocenters. The molecule has 1 aliphatic heterocycles. The summed E-state index contributed by atoms with van der Waals surface area (Å²) in [4.78, 5) is 29.0. The van der Waals surface area contributed by atoms with Crippen molar-refractivity contribution in [3.05, 3.63) is 102 Å². The summed E-state index contributed by atoms with van der Waals surface area (Å²) >= 11 is 0. The number of ether oxygens (including phenoxy) is 3. The van der Waals surface area contributed by atoms with Gasteiger partial charge in [-0.3, -0.25) is 9.59 Å². The molecule has 3 aromatic rings. The molecule has 0 spiro atoms. The third-order valence-corrected chi connectivity index (χ3v) is 7.79. The van der Waals surface area contributed by atoms with Gasteiger partial charge in [-0.2, -0.15) is 0 Å². The third kappa shape index (κ3) is 3.47. The van der Waals surface area contributed by atoms with E-state index in [-0.39, 0.29) is 23.7 Å². The highest BCUT2D eigenvalue weighted by molar-refractivity contribution is 6.24. The normalized spacial score (nSPS) is 23.4. The molecule has 0 N–H and O–H groups in total. The first kappa shape index (κ1) is 23.1. The van der Waals surface area contributed by atoms with Gasteiger partial charge in [-0.25, -0.2) is 4.90 Å². The lowest BCUT2D eigenvalue weighted by atomic mass is 9.85. The molecule has 1 heterocycles. The number of carbonyl (C=O) groups is 2. The minimum Gasteiger partial charge on any atom is -0.497 e. The third-order valence-electron chi connectivity index (χ3n) is 7.79. The highest BCUT2D eigenvalue weighted by atomic mass is 16.5. The van der Waals surface area contributed by atoms with Crippen LogP contribution in [-0.2, 0) is 9.59 Å². The molecule has 1 saturated heterocycles. The molecule has 6 rings (SSSR count). The minimum atomic E-state index is -0.436. The first-order valence-electron chi connectivity index (χ1n) is 12.3. The molecule has 0 radical (unpaired) electrons. The van der Waals surface area contributed by atoms with Gasteiger partial charge in [0.05, 0.1) is 38.9 Å². The molecular weight excluding hydrogens is 466 g/mol. The van der Waals surface area contributed by atoms with Crippen molar-refractivity contribution in [1.29, 1.82) is 0 Å². The van der Waals surface area contributed by atoms with E-state index < -0.39 is 11.8 Å². The number of rotatable bonds is 6. The average molecular weight is 494 g/mol. The van der Waals surface area contributed by atoms with Crippen molar-refractivity contribution >= 4 is 23.1 Å². The topological polar surface area (TPSA) is 65.1 Å². The summed E-state index contributed by atoms with van der Waals surface area (Å²) in [5, 5.41) is 0. The Morgan fingerprint density at radius 2 is 1.14 bits per heavy atom. The van der Waals surface area contributed by atoms with Crippen LogP contribution in [-0.4, -0.2) is 33.1 Å². The van der Waals surface area contributed by atoms with E-state index in [2.05, 4.69) is 12.2 Å². The van der Waals surface area contributed by atoms with E-state index >= 15 is 0 Å². The second-order valence-corrected chi connectivity index (χ2v) is 9.46. The molecule has 2 aliphatic carbocycles. The van der Waals surface area contributed by atoms with Crippen molar-refractivity contribution < 1.29 is 23.8 Å². The molecule has 1 saturated carbocycles. The highest BCUT2D eigenvalue weighted by Gasteiger charge is 2.62. The van der Waals surface area contributed by atoms with E-state index in [1.165, 1.54) is 4.90 Å². The Kier molecular flexibility index (Phi) is 5.60. The number of anilines is 1. The number of methoxy groups -OCH3 is 3. The Labute approximate surface area is 215 Å². The maximum atomic E-state index is 13.8. The fourth-order valence-electron chi connectivity index (χ4n) is 6.16. The van der Waals surface area contributed by atoms with Gasteiger partial charge >= 0.3 is 0 Å². The van der Waals surface area contributed by atoms with Crippen LogP contribution >= 0.6 is 0 Å². The zero-order chi connectivity index (χ0) is 25.7. The molecule has 3 aromatic carbocycles. The first-order valence-corrected chi connectivity index (χ1v) is 12.3. The van der Waals surface area contributed by atoms with Crippen LogP contribution in [0.4, 0.5) is 5.69 Å². The summed E-state index contributed by atoms with van der Waals surface area (Å²) in [7, 11) is 4.84. The van der Waals surface area contributed by atoms with E-state index in [9.17, 15) is 9.59 Å². The number of hydrogen-bond acceptors (Lipinski definition) is 5. The number of para-hydroxylation sites is 2. The molecule has 0 aromatic heterocycles. The van der Waals surface area contributed by atoms with Crippen molar-refractivity contribution in [2.75, 3.05) is 26.2 Å². The molecule has 2 amide bonds. The van der Waals surface area contributed by atoms with Gasteiger partial charge in [-0.05, 0) is 58.7 Å². The standard InChI is InChI=1S/C31H27NO5/c1-35-20-12-8-18(9-13-20)26(19-10-14-21(36-2)15-11-19)27-22-16-17-23(27)29-28(22)30(33)32(31(29)34)24-6-4-5-7-25(24)37-3/h4-17,22-23,28-29H,1-3H3/t22-,23-,28-,29+/m1/s1. The van der Waals surface area contributed by atoms with Crippen molar-refractivity contribution in [3.63, 3.8) is 0 Å². The lowest BCUT2D eigenvalue weighted by Crippen LogP contribution is -2.33. The predicted octanol–water partition coefficient (Wildman–Crippen LogP) is 5.14. The number of amides is 2. The fraction of sp³-hybridized carbons (Fsp3) is 0.226. The lowest BCUT2D eigenvalue weighted by molar-refractivity contribution is -0.123. The van der Waals surface area contributed by atoms with Gasteiger partial charge in [0, 0.05) is 11.8 Å². The maximum absolute atomic E-state index is 13.8. The molecule has 4 atom stereocenters. The average Bonchev–Trinajstić information content (AvgIpc) is 3.58. The van der Waals surface area contributed by atoms with Gasteiger partial charge < -0.3 is 14.2 Å². The summed E-state index contributed by atoms with van der Waals surface area (Å²) < 4.78 is 16.2. The van der Waals surface area contributed by atoms with Crippen molar-refractivity contribution in [2.24, 2.45) is 23.7 Å². The van der Waals surface area contributed by atoms with E-state index in [4.69, 9.17) is 14.2 Å². The summed E-state index contributed by atoms with van der Waals surface area (Å²) in [6.45, 7) is 0. The lowest BCUT2D eigenvalue weighted by Gasteiger charge is -2.22. The van der Waals surface area contributed by atoms with E-state index in [0.717, 1.165) is 33.8 Å². The van der Waals surface area contributed by atoms with Crippen LogP contribution in [0.15, 0.2) is 90.5 Å². The largest absolute Gasteiger partial charge is 0.497 e. The van der Waals surface area contributed by atoms with Crippen LogP contribution in [0.2, 0.25) is 0 Å². The van der Waals surface area contributed by atoms with Gasteiger partial charge in [-0.15, -0.1) is 0 Å². The van der Waals surface area contributed by atoms with Gasteiger partial charge in [0.2, 0.25) is 11.8 Å². The fourth-order valence-corrected chi connectivity index (χ4v) is 6.16. The minimum absolute atomic E-state index is 0.162. The van der Waals surface area contributed by atoms with Crippen LogP contribution < -0.4 is 19.1 Å². The molecular formula is C31H27NO5. The van der Waals surface area contributed by atoms with Gasteiger partial charge in [0.15, 0.2) is 0 Å². The number of carbonyl (C=O) groups excluding carboxylic acids is 2. The number of fused-ring (bicyclic) bond motifs is 5. The maximum Gasteiger partial charge on any atom is 0.238 e. The molecule has 186 valence electrons. The van der Waals surface area contributed by atoms with Crippen molar-refractivity contribution in [2.45, 2.75) is 0 Å². The first-order chi connectivity index (χ1) is 18.1. The van der Waals surface area contributed by atoms with Crippen LogP contribution in [0.5, 0.6) is 17.2 Å². The number of allylic oxidation sites excluding steroid dienone is 3. The van der Waals surface area contributed by atoms with E-state index in [0.29, 0.717) is 11.4 Å². The van der Waals surface area contributed by atoms with Gasteiger partial charge in [0.1, 0.15) is 17.2 Å². The Bertz CT molecular complexity index is 1350. The molecule has 2 fully saturated rings. The van der Waals surface area contributed by atoms with Crippen LogP contribution in [0, 0.1) is 23.7 Å². The quantitative estimate of drug-likeness (QED) is 0.352. The second-order valence-electron chi connectivity index (χ2n) is 9.46. The number of imide groups is 1. The number of benzene rings is 3. The summed E-state index contributed by atoms with van der Waals surface area (Å²) in [6, 6.07) is 23.0. The molecule has 6 nitrogen and oxygen atoms in total. The predicted molar refractivity (Wildman–Crippen MR) is 141 cm³/mol. The Morgan fingerprint density at radius 1 is 0.649 bits per heavy atom. The van der Waals surface area contributed by atoms with Gasteiger partial charge in [0.25, 0.3) is 0 Å². The SMILES string of the molecule is COc1ccc(C(=C2[C@H]3C=C[C@H]2[C@H]2C(=O)N(c4ccccc4OC)C(=O)[C@H]23)c2ccc(OC)cc2)cc1. The van der Waals surface area contributed by atoms with Crippen molar-refractivity contribution in [3.8, 4) is 17.2 Å². The van der Waals surface area contributed by atoms with Crippen molar-refractivity contribution in [1.82, 2.24) is 0 Å². The zero-order valence-electron chi connectivity index (χ0n) is 20.9. The Morgan fingerprint density at radius 3 is 1.59 bits per heavy atom. The Balaban J connectivity index is 1.48. The molecule has 2 bridgehead atoms. The molecule has 6 heteroatoms. The smallest absolute Gasteiger partial charge is 0.238 e. The highest BCUT2D eigenvalue weighted by Crippen LogP contribution is 2.59. The van der Waals surface area contributed by atoms with Gasteiger partial charge in [-0.1, -0.05) is 48.6 Å². The molecule has 3 aliphatic rings. The zero-order valence-corrected chi connectivity index (χ0v) is 20.9. The summed E-state index contributed by atoms with van der Waals surface area (Å²) in [5.74, 6) is 0.515. The van der Waals surface area contributed by atoms with E-state index in [1.807, 2.05) is 60.7 Å². The summed E-state index contributed by atoms with van der Waals surface area (Å²) in [6.07, 6.45) is 4.20. The van der Waals surface area contributed by atoms with E-state index in [1.54, 1.807) is 33.5 Å². The second kappa shape index (κ2) is 8.96. The number of hydrogen-bond donors (Lipinski definition) is 0. The number of nitrogens with zero attached hydrogens (tertiary/aromatic N) is 1. The summed E-state index contributed by atoms with van der Waals surface area (Å²) in [5.41, 5.74) is 4.70. The monoisotopic (exact) mass is 493 g/mol. The Hall–Kier alpha value is -4.32. The van der Waals surface area contributed by atoms with Crippen LogP contribution in [0.3, 0.4) is 0 Å².